The zero-order chi connectivity index (χ0) is 31.6. The van der Waals surface area contributed by atoms with Crippen LogP contribution in [0.2, 0.25) is 0 Å². The van der Waals surface area contributed by atoms with Crippen LogP contribution in [0.15, 0.2) is 60.7 Å². The molecule has 232 valence electrons. The van der Waals surface area contributed by atoms with Gasteiger partial charge in [0.05, 0.1) is 6.61 Å². The molecule has 0 unspecified atom stereocenters. The first-order valence-corrected chi connectivity index (χ1v) is 15.2. The largest absolute Gasteiger partial charge is 0.493 e. The first-order valence-electron chi connectivity index (χ1n) is 15.2. The predicted octanol–water partition coefficient (Wildman–Crippen LogP) is 6.16. The van der Waals surface area contributed by atoms with Gasteiger partial charge in [-0.1, -0.05) is 51.9 Å². The van der Waals surface area contributed by atoms with Crippen LogP contribution in [-0.2, 0) is 0 Å². The SMILES string of the molecule is CCCCCCCCCCOc1cc(C(=O)Nc2ccc3ccc(N)nc3n2)nc(C(=O)Nc2ccc3ccc(N)nc3n2)c1. The molecule has 0 fully saturated rings. The summed E-state index contributed by atoms with van der Waals surface area (Å²) in [5.41, 5.74) is 12.3. The topological polar surface area (TPSA) is 184 Å². The van der Waals surface area contributed by atoms with Crippen LogP contribution < -0.4 is 26.8 Å². The van der Waals surface area contributed by atoms with Crippen LogP contribution in [0.3, 0.4) is 0 Å². The standard InChI is InChI=1S/C33H37N9O3/c1-2-3-4-5-6-7-8-9-18-45-23-19-24(32(43)41-28-16-12-21-10-14-26(34)37-30(21)39-28)36-25(20-23)33(44)42-29-17-13-22-11-15-27(35)38-31(22)40-29/h10-17,19-20H,2-9,18H2,1H3,(H3,34,37,39,41,43)(H3,35,38,40,42,44). The fraction of sp³-hybridized carbons (Fsp3) is 0.303. The molecule has 0 spiro atoms. The molecular weight excluding hydrogens is 570 g/mol. The molecule has 12 heteroatoms. The van der Waals surface area contributed by atoms with Crippen molar-refractivity contribution in [3.05, 3.63) is 72.1 Å². The number of carbonyl (C=O) groups is 2. The van der Waals surface area contributed by atoms with Gasteiger partial charge in [-0.05, 0) is 55.0 Å². The van der Waals surface area contributed by atoms with Crippen molar-refractivity contribution in [3.63, 3.8) is 0 Å². The number of nitrogens with one attached hydrogen (secondary N) is 2. The number of hydrogen-bond acceptors (Lipinski definition) is 10. The van der Waals surface area contributed by atoms with Gasteiger partial charge in [0, 0.05) is 22.9 Å². The van der Waals surface area contributed by atoms with Crippen LogP contribution in [0.1, 0.15) is 79.3 Å². The molecule has 2 amide bonds. The zero-order valence-electron chi connectivity index (χ0n) is 25.3. The van der Waals surface area contributed by atoms with Crippen LogP contribution in [0.5, 0.6) is 5.75 Å². The monoisotopic (exact) mass is 607 g/mol. The molecule has 0 aliphatic heterocycles. The third-order valence-corrected chi connectivity index (χ3v) is 7.16. The second-order valence-corrected chi connectivity index (χ2v) is 10.8. The van der Waals surface area contributed by atoms with Gasteiger partial charge in [-0.2, -0.15) is 0 Å². The predicted molar refractivity (Wildman–Crippen MR) is 176 cm³/mol. The lowest BCUT2D eigenvalue weighted by Crippen LogP contribution is -2.20. The molecule has 0 saturated carbocycles. The number of rotatable bonds is 14. The first-order chi connectivity index (χ1) is 21.9. The molecule has 5 heterocycles. The Morgan fingerprint density at radius 1 is 0.622 bits per heavy atom. The van der Waals surface area contributed by atoms with E-state index >= 15 is 0 Å². The van der Waals surface area contributed by atoms with Crippen LogP contribution >= 0.6 is 0 Å². The number of nitrogens with zero attached hydrogens (tertiary/aromatic N) is 5. The molecule has 6 N–H and O–H groups in total. The number of unbranched alkanes of at least 4 members (excludes halogenated alkanes) is 7. The number of hydrogen-bond donors (Lipinski definition) is 4. The fourth-order valence-corrected chi connectivity index (χ4v) is 4.77. The van der Waals surface area contributed by atoms with E-state index in [0.717, 1.165) is 30.0 Å². The van der Waals surface area contributed by atoms with Gasteiger partial charge in [0.1, 0.15) is 40.4 Å². The van der Waals surface area contributed by atoms with E-state index in [9.17, 15) is 9.59 Å². The molecule has 0 radical (unpaired) electrons. The Morgan fingerprint density at radius 3 is 1.60 bits per heavy atom. The van der Waals surface area contributed by atoms with Crippen molar-refractivity contribution in [1.82, 2.24) is 24.9 Å². The third-order valence-electron chi connectivity index (χ3n) is 7.16. The highest BCUT2D eigenvalue weighted by atomic mass is 16.5. The number of amides is 2. The maximum Gasteiger partial charge on any atom is 0.275 e. The van der Waals surface area contributed by atoms with Crippen LogP contribution in [0.4, 0.5) is 23.3 Å². The zero-order valence-corrected chi connectivity index (χ0v) is 25.3. The minimum atomic E-state index is -0.569. The average Bonchev–Trinajstić information content (AvgIpc) is 3.03. The Hall–Kier alpha value is -5.39. The Bertz CT molecular complexity index is 1690. The highest BCUT2D eigenvalue weighted by Gasteiger charge is 2.18. The van der Waals surface area contributed by atoms with E-state index < -0.39 is 11.8 Å². The molecule has 5 aromatic heterocycles. The summed E-state index contributed by atoms with van der Waals surface area (Å²) in [5.74, 6) is 0.368. The number of nitrogen functional groups attached to an aromatic ring is 2. The second-order valence-electron chi connectivity index (χ2n) is 10.8. The smallest absolute Gasteiger partial charge is 0.275 e. The molecule has 5 aromatic rings. The van der Waals surface area contributed by atoms with Gasteiger partial charge in [-0.3, -0.25) is 9.59 Å². The first kappa shape index (κ1) is 31.0. The Labute approximate surface area is 261 Å². The summed E-state index contributed by atoms with van der Waals surface area (Å²) in [6, 6.07) is 16.8. The number of aromatic nitrogens is 5. The highest BCUT2D eigenvalue weighted by Crippen LogP contribution is 2.21. The maximum atomic E-state index is 13.3. The average molecular weight is 608 g/mol. The van der Waals surface area contributed by atoms with E-state index in [2.05, 4.69) is 42.5 Å². The summed E-state index contributed by atoms with van der Waals surface area (Å²) >= 11 is 0. The van der Waals surface area contributed by atoms with Crippen molar-refractivity contribution < 1.29 is 14.3 Å². The maximum absolute atomic E-state index is 13.3. The van der Waals surface area contributed by atoms with Gasteiger partial charge < -0.3 is 26.8 Å². The Balaban J connectivity index is 1.31. The summed E-state index contributed by atoms with van der Waals surface area (Å²) in [6.45, 7) is 2.66. The molecule has 5 rings (SSSR count). The van der Waals surface area contributed by atoms with Crippen molar-refractivity contribution in [2.75, 3.05) is 28.7 Å². The number of fused-ring (bicyclic) bond motifs is 2. The molecule has 0 aliphatic carbocycles. The van der Waals surface area contributed by atoms with Crippen molar-refractivity contribution >= 4 is 57.2 Å². The Kier molecular flexibility index (Phi) is 10.3. The summed E-state index contributed by atoms with van der Waals surface area (Å²) in [7, 11) is 0. The van der Waals surface area contributed by atoms with Gasteiger partial charge in [0.2, 0.25) is 0 Å². The minimum absolute atomic E-state index is 0.0167. The number of nitrogens with two attached hydrogens (primary N) is 2. The van der Waals surface area contributed by atoms with Gasteiger partial charge in [-0.25, -0.2) is 24.9 Å². The van der Waals surface area contributed by atoms with Crippen molar-refractivity contribution in [2.24, 2.45) is 0 Å². The molecule has 45 heavy (non-hydrogen) atoms. The van der Waals surface area contributed by atoms with Gasteiger partial charge >= 0.3 is 0 Å². The highest BCUT2D eigenvalue weighted by molar-refractivity contribution is 6.06. The number of pyridine rings is 5. The number of anilines is 4. The van der Waals surface area contributed by atoms with Crippen molar-refractivity contribution in [3.8, 4) is 5.75 Å². The molecule has 0 aliphatic rings. The lowest BCUT2D eigenvalue weighted by Gasteiger charge is -2.12. The van der Waals surface area contributed by atoms with E-state index in [1.807, 2.05) is 0 Å². The van der Waals surface area contributed by atoms with E-state index in [4.69, 9.17) is 16.2 Å². The molecule has 0 saturated heterocycles. The van der Waals surface area contributed by atoms with E-state index in [0.29, 0.717) is 35.3 Å². The molecule has 0 bridgehead atoms. The van der Waals surface area contributed by atoms with Gasteiger partial charge in [-0.15, -0.1) is 0 Å². The third kappa shape index (κ3) is 8.59. The van der Waals surface area contributed by atoms with Crippen LogP contribution in [-0.4, -0.2) is 43.3 Å². The molecule has 0 atom stereocenters. The van der Waals surface area contributed by atoms with Crippen LogP contribution in [0, 0.1) is 0 Å². The lowest BCUT2D eigenvalue weighted by atomic mass is 10.1. The normalized spacial score (nSPS) is 11.0. The molecule has 0 aromatic carbocycles. The number of carbonyl (C=O) groups excluding carboxylic acids is 2. The second kappa shape index (κ2) is 14.9. The quantitative estimate of drug-likeness (QED) is 0.107. The van der Waals surface area contributed by atoms with E-state index in [1.54, 1.807) is 48.5 Å². The Morgan fingerprint density at radius 2 is 1.09 bits per heavy atom. The van der Waals surface area contributed by atoms with E-state index in [1.165, 1.54) is 44.2 Å². The summed E-state index contributed by atoms with van der Waals surface area (Å²) in [4.78, 5) is 48.2. The lowest BCUT2D eigenvalue weighted by molar-refractivity contribution is 0.101. The summed E-state index contributed by atoms with van der Waals surface area (Å²) in [6.07, 6.45) is 9.28. The fourth-order valence-electron chi connectivity index (χ4n) is 4.77. The van der Waals surface area contributed by atoms with Crippen molar-refractivity contribution in [1.29, 1.82) is 0 Å². The minimum Gasteiger partial charge on any atom is -0.493 e. The number of ether oxygens (including phenoxy) is 1. The summed E-state index contributed by atoms with van der Waals surface area (Å²) in [5, 5.41) is 7.01. The summed E-state index contributed by atoms with van der Waals surface area (Å²) < 4.78 is 6.00. The van der Waals surface area contributed by atoms with Crippen LogP contribution in [0.25, 0.3) is 22.1 Å². The van der Waals surface area contributed by atoms with Gasteiger partial charge in [0.25, 0.3) is 11.8 Å². The molecule has 12 nitrogen and oxygen atoms in total. The van der Waals surface area contributed by atoms with Crippen molar-refractivity contribution in [2.45, 2.75) is 58.3 Å². The van der Waals surface area contributed by atoms with Gasteiger partial charge in [0.15, 0.2) is 11.3 Å². The van der Waals surface area contributed by atoms with E-state index in [-0.39, 0.29) is 23.0 Å². The molecular formula is C33H37N9O3.